The van der Waals surface area contributed by atoms with E-state index in [4.69, 9.17) is 14.6 Å². The number of ketones is 1. The minimum absolute atomic E-state index is 0.151. The second kappa shape index (κ2) is 17.1. The molecule has 1 aliphatic rings. The molecule has 0 spiro atoms. The van der Waals surface area contributed by atoms with Crippen LogP contribution in [0.3, 0.4) is 0 Å². The van der Waals surface area contributed by atoms with Crippen LogP contribution in [-0.2, 0) is 23.9 Å². The number of aliphatic hydroxyl groups is 2. The van der Waals surface area contributed by atoms with Crippen molar-refractivity contribution in [2.45, 2.75) is 128 Å². The van der Waals surface area contributed by atoms with E-state index in [1.54, 1.807) is 0 Å². The number of carbonyl (C=O) groups is 3. The minimum atomic E-state index is -1.47. The maximum absolute atomic E-state index is 12.0. The Morgan fingerprint density at radius 2 is 1.32 bits per heavy atom. The Morgan fingerprint density at radius 3 is 1.77 bits per heavy atom. The molecule has 1 saturated heterocycles. The Hall–Kier alpha value is -1.47. The van der Waals surface area contributed by atoms with Gasteiger partial charge in [-0.15, -0.1) is 0 Å². The van der Waals surface area contributed by atoms with E-state index in [2.05, 4.69) is 6.92 Å². The Labute approximate surface area is 186 Å². The molecule has 0 bridgehead atoms. The number of carbonyl (C=O) groups excluding carboxylic acids is 3. The van der Waals surface area contributed by atoms with Crippen molar-refractivity contribution in [1.82, 2.24) is 0 Å². The predicted octanol–water partition coefficient (Wildman–Crippen LogP) is 4.01. The Kier molecular flexibility index (Phi) is 15.2. The van der Waals surface area contributed by atoms with Crippen molar-refractivity contribution in [2.24, 2.45) is 0 Å². The molecule has 0 aromatic carbocycles. The maximum Gasteiger partial charge on any atom is 0.379 e. The summed E-state index contributed by atoms with van der Waals surface area (Å²) >= 11 is 0. The Bertz CT molecular complexity index is 520. The van der Waals surface area contributed by atoms with Crippen molar-refractivity contribution < 1.29 is 34.1 Å². The van der Waals surface area contributed by atoms with E-state index < -0.39 is 42.6 Å². The lowest BCUT2D eigenvalue weighted by Crippen LogP contribution is -2.41. The smallest absolute Gasteiger partial charge is 0.379 e. The third-order valence-corrected chi connectivity index (χ3v) is 5.81. The number of hydrogen-bond donors (Lipinski definition) is 2. The summed E-state index contributed by atoms with van der Waals surface area (Å²) in [6.45, 7) is 1.55. The van der Waals surface area contributed by atoms with Gasteiger partial charge in [0, 0.05) is 6.42 Å². The van der Waals surface area contributed by atoms with Crippen LogP contribution in [0.15, 0.2) is 0 Å². The summed E-state index contributed by atoms with van der Waals surface area (Å²) in [5.74, 6) is -2.74. The number of cyclic esters (lactones) is 1. The molecule has 31 heavy (non-hydrogen) atoms. The summed E-state index contributed by atoms with van der Waals surface area (Å²) in [7, 11) is 0. The zero-order valence-corrected chi connectivity index (χ0v) is 19.2. The molecule has 0 saturated carbocycles. The first-order chi connectivity index (χ1) is 15.0. The fourth-order valence-corrected chi connectivity index (χ4v) is 3.85. The van der Waals surface area contributed by atoms with Crippen LogP contribution < -0.4 is 0 Å². The van der Waals surface area contributed by atoms with Crippen molar-refractivity contribution in [2.75, 3.05) is 6.61 Å². The molecule has 0 amide bonds. The average molecular weight is 443 g/mol. The Morgan fingerprint density at radius 1 is 0.871 bits per heavy atom. The van der Waals surface area contributed by atoms with Gasteiger partial charge in [0.15, 0.2) is 6.10 Å². The zero-order valence-electron chi connectivity index (χ0n) is 19.2. The van der Waals surface area contributed by atoms with Gasteiger partial charge in [-0.1, -0.05) is 96.8 Å². The highest BCUT2D eigenvalue weighted by Gasteiger charge is 2.49. The highest BCUT2D eigenvalue weighted by Crippen LogP contribution is 2.20. The van der Waals surface area contributed by atoms with Gasteiger partial charge in [-0.05, 0) is 6.42 Å². The van der Waals surface area contributed by atoms with E-state index in [0.717, 1.165) is 19.3 Å². The summed E-state index contributed by atoms with van der Waals surface area (Å²) < 4.78 is 9.74. The molecule has 7 nitrogen and oxygen atoms in total. The van der Waals surface area contributed by atoms with Crippen LogP contribution in [0, 0.1) is 0 Å². The van der Waals surface area contributed by atoms with Gasteiger partial charge < -0.3 is 19.7 Å². The van der Waals surface area contributed by atoms with E-state index in [-0.39, 0.29) is 6.42 Å². The third-order valence-electron chi connectivity index (χ3n) is 5.81. The van der Waals surface area contributed by atoms with E-state index in [9.17, 15) is 19.5 Å². The molecule has 1 fully saturated rings. The number of unbranched alkanes of at least 4 members (excludes halogenated alkanes) is 14. The van der Waals surface area contributed by atoms with E-state index in [1.165, 1.54) is 70.6 Å². The van der Waals surface area contributed by atoms with Crippen molar-refractivity contribution >= 4 is 17.7 Å². The van der Waals surface area contributed by atoms with Gasteiger partial charge in [0.05, 0.1) is 6.61 Å². The molecular weight excluding hydrogens is 400 g/mol. The Balaban J connectivity index is 1.98. The van der Waals surface area contributed by atoms with E-state index >= 15 is 0 Å². The van der Waals surface area contributed by atoms with Gasteiger partial charge in [0.25, 0.3) is 5.78 Å². The number of hydrogen-bond acceptors (Lipinski definition) is 7. The first-order valence-electron chi connectivity index (χ1n) is 12.2. The molecule has 1 rings (SSSR count). The second-order valence-corrected chi connectivity index (χ2v) is 8.59. The predicted molar refractivity (Wildman–Crippen MR) is 117 cm³/mol. The van der Waals surface area contributed by atoms with E-state index in [0.29, 0.717) is 6.42 Å². The van der Waals surface area contributed by atoms with Gasteiger partial charge in [-0.25, -0.2) is 4.79 Å². The second-order valence-electron chi connectivity index (χ2n) is 8.59. The molecular formula is C24H42O7. The lowest BCUT2D eigenvalue weighted by Gasteiger charge is -2.20. The molecule has 1 unspecified atom stereocenters. The van der Waals surface area contributed by atoms with Crippen LogP contribution in [0.25, 0.3) is 0 Å². The standard InChI is InChI=1S/C24H42O7/c1-2-3-4-5-6-7-8-9-10-11-12-13-14-15-16-17-20(27)30-23-21(28)24(29)31-22(23)19(26)18-25/h19,22-23,25-26H,2-18H2,1H3/t19-,22+,23?/m0/s1. The van der Waals surface area contributed by atoms with Crippen LogP contribution in [0.4, 0.5) is 0 Å². The van der Waals surface area contributed by atoms with Gasteiger partial charge in [-0.2, -0.15) is 0 Å². The van der Waals surface area contributed by atoms with Gasteiger partial charge in [-0.3, -0.25) is 9.59 Å². The average Bonchev–Trinajstić information content (AvgIpc) is 3.04. The molecule has 7 heteroatoms. The molecule has 0 aliphatic carbocycles. The molecule has 0 radical (unpaired) electrons. The van der Waals surface area contributed by atoms with Gasteiger partial charge in [0.1, 0.15) is 6.10 Å². The fraction of sp³-hybridized carbons (Fsp3) is 0.875. The number of esters is 2. The monoisotopic (exact) mass is 442 g/mol. The number of aliphatic hydroxyl groups excluding tert-OH is 2. The van der Waals surface area contributed by atoms with Gasteiger partial charge >= 0.3 is 11.9 Å². The highest BCUT2D eigenvalue weighted by atomic mass is 16.6. The summed E-state index contributed by atoms with van der Waals surface area (Å²) in [6, 6.07) is 0. The van der Waals surface area contributed by atoms with E-state index in [1.807, 2.05) is 0 Å². The van der Waals surface area contributed by atoms with Crippen LogP contribution in [-0.4, -0.2) is 52.9 Å². The van der Waals surface area contributed by atoms with Crippen molar-refractivity contribution in [1.29, 1.82) is 0 Å². The molecule has 3 atom stereocenters. The van der Waals surface area contributed by atoms with Crippen molar-refractivity contribution in [3.63, 3.8) is 0 Å². The topological polar surface area (TPSA) is 110 Å². The zero-order chi connectivity index (χ0) is 22.9. The lowest BCUT2D eigenvalue weighted by atomic mass is 10.0. The quantitative estimate of drug-likeness (QED) is 0.177. The third kappa shape index (κ3) is 11.6. The first-order valence-corrected chi connectivity index (χ1v) is 12.2. The largest absolute Gasteiger partial charge is 0.450 e. The van der Waals surface area contributed by atoms with Crippen LogP contribution >= 0.6 is 0 Å². The summed E-state index contributed by atoms with van der Waals surface area (Å²) in [5.41, 5.74) is 0. The van der Waals surface area contributed by atoms with Crippen molar-refractivity contribution in [3.05, 3.63) is 0 Å². The summed E-state index contributed by atoms with van der Waals surface area (Å²) in [4.78, 5) is 35.0. The molecule has 180 valence electrons. The SMILES string of the molecule is CCCCCCCCCCCCCCCCCC(=O)OC1C(=O)C(=O)O[C@@H]1[C@@H](O)CO. The van der Waals surface area contributed by atoms with Crippen LogP contribution in [0.5, 0.6) is 0 Å². The maximum atomic E-state index is 12.0. The highest BCUT2D eigenvalue weighted by molar-refractivity contribution is 6.37. The summed E-state index contributed by atoms with van der Waals surface area (Å²) in [6.07, 6.45) is 14.3. The first kappa shape index (κ1) is 27.6. The molecule has 1 aliphatic heterocycles. The van der Waals surface area contributed by atoms with Gasteiger partial charge in [0.2, 0.25) is 6.10 Å². The normalized spacial score (nSPS) is 19.5. The number of Topliss-reactive ketones (excluding diaryl/α,β-unsaturated/α-hetero) is 1. The van der Waals surface area contributed by atoms with Crippen LogP contribution in [0.1, 0.15) is 110 Å². The number of rotatable bonds is 19. The lowest BCUT2D eigenvalue weighted by molar-refractivity contribution is -0.160. The van der Waals surface area contributed by atoms with Crippen LogP contribution in [0.2, 0.25) is 0 Å². The fourth-order valence-electron chi connectivity index (χ4n) is 3.85. The molecule has 0 aromatic rings. The molecule has 2 N–H and O–H groups in total. The summed E-state index contributed by atoms with van der Waals surface area (Å²) in [5, 5.41) is 18.6. The number of ether oxygens (including phenoxy) is 2. The van der Waals surface area contributed by atoms with Crippen molar-refractivity contribution in [3.8, 4) is 0 Å². The minimum Gasteiger partial charge on any atom is -0.450 e. The molecule has 1 heterocycles. The molecule has 0 aromatic heterocycles.